The van der Waals surface area contributed by atoms with Crippen molar-refractivity contribution in [3.63, 3.8) is 0 Å². The minimum absolute atomic E-state index is 0.0326. The van der Waals surface area contributed by atoms with Crippen LogP contribution in [0.2, 0.25) is 10.6 Å². The highest BCUT2D eigenvalue weighted by Crippen LogP contribution is 2.36. The Balaban J connectivity index is 0.874. The van der Waals surface area contributed by atoms with E-state index in [0.717, 1.165) is 51.4 Å². The number of aliphatic hydroxyl groups is 4. The topological polar surface area (TPSA) is 249 Å². The predicted molar refractivity (Wildman–Crippen MR) is 180 cm³/mol. The second-order valence-corrected chi connectivity index (χ2v) is 14.2. The van der Waals surface area contributed by atoms with Crippen molar-refractivity contribution in [2.75, 3.05) is 23.8 Å². The minimum atomic E-state index is -1.46. The van der Waals surface area contributed by atoms with Gasteiger partial charge >= 0.3 is 5.09 Å². The van der Waals surface area contributed by atoms with Gasteiger partial charge in [0.25, 0.3) is 0 Å². The lowest BCUT2D eigenvalue weighted by Crippen LogP contribution is -2.36. The lowest BCUT2D eigenvalue weighted by molar-refractivity contribution is -0.982. The average Bonchev–Trinajstić information content (AvgIpc) is 3.98. The molecule has 4 aromatic rings. The van der Waals surface area contributed by atoms with E-state index in [2.05, 4.69) is 40.5 Å². The first kappa shape index (κ1) is 35.3. The molecule has 2 aliphatic heterocycles. The third-order valence-corrected chi connectivity index (χ3v) is 10.4. The van der Waals surface area contributed by atoms with E-state index in [-0.39, 0.29) is 39.0 Å². The molecule has 4 aromatic heterocycles. The van der Waals surface area contributed by atoms with Crippen molar-refractivity contribution in [3.05, 3.63) is 28.1 Å². The summed E-state index contributed by atoms with van der Waals surface area (Å²) in [5, 5.41) is 49.7. The van der Waals surface area contributed by atoms with Crippen LogP contribution in [0, 0.1) is 4.91 Å². The fourth-order valence-electron chi connectivity index (χ4n) is 7.38. The molecule has 22 heteroatoms. The molecule has 2 aliphatic carbocycles. The molecule has 0 amide bonds. The maximum absolute atomic E-state index is 12.5. The van der Waals surface area contributed by atoms with Gasteiger partial charge in [0.2, 0.25) is 10.6 Å². The molecule has 0 spiro atoms. The Hall–Kier alpha value is -3.76. The second kappa shape index (κ2) is 14.6. The molecule has 2 saturated heterocycles. The van der Waals surface area contributed by atoms with Gasteiger partial charge in [0.05, 0.1) is 12.7 Å². The Bertz CT molecular complexity index is 1790. The van der Waals surface area contributed by atoms with E-state index in [4.69, 9.17) is 42.4 Å². The summed E-state index contributed by atoms with van der Waals surface area (Å²) in [6.07, 6.45) is 0.783. The summed E-state index contributed by atoms with van der Waals surface area (Å²) in [7, 11) is 0. The smallest absolute Gasteiger partial charge is 0.387 e. The van der Waals surface area contributed by atoms with E-state index in [0.29, 0.717) is 22.7 Å². The number of aromatic nitrogens is 8. The number of rotatable bonds is 12. The molecule has 0 aromatic carbocycles. The van der Waals surface area contributed by atoms with Gasteiger partial charge in [-0.05, 0) is 48.9 Å². The third kappa shape index (κ3) is 6.77. The predicted octanol–water partition coefficient (Wildman–Crippen LogP) is 1.56. The van der Waals surface area contributed by atoms with E-state index >= 15 is 0 Å². The van der Waals surface area contributed by atoms with Crippen LogP contribution in [0.1, 0.15) is 63.8 Å². The molecule has 8 unspecified atom stereocenters. The number of hydrogen-bond acceptors (Lipinski definition) is 17. The Kier molecular flexibility index (Phi) is 9.89. The van der Waals surface area contributed by atoms with E-state index in [9.17, 15) is 25.3 Å². The van der Waals surface area contributed by atoms with Gasteiger partial charge in [-0.3, -0.25) is 9.13 Å². The van der Waals surface area contributed by atoms with E-state index in [1.54, 1.807) is 0 Å². The highest BCUT2D eigenvalue weighted by Gasteiger charge is 2.48. The van der Waals surface area contributed by atoms with Crippen LogP contribution in [-0.4, -0.2) is 126 Å². The summed E-state index contributed by atoms with van der Waals surface area (Å²) in [6.45, 7) is -1.04. The zero-order valence-corrected chi connectivity index (χ0v) is 29.1. The molecule has 6 heterocycles. The highest BCUT2D eigenvalue weighted by atomic mass is 35.5. The molecular formula is C30H38Cl2N11O9+. The Morgan fingerprint density at radius 3 is 1.50 bits per heavy atom. The third-order valence-electron chi connectivity index (χ3n) is 10.1. The van der Waals surface area contributed by atoms with Crippen molar-refractivity contribution in [2.24, 2.45) is 0 Å². The molecule has 0 radical (unpaired) electrons. The quantitative estimate of drug-likeness (QED) is 0.0884. The summed E-state index contributed by atoms with van der Waals surface area (Å²) >= 11 is 12.5. The monoisotopic (exact) mass is 766 g/mol. The molecule has 2 saturated carbocycles. The number of hydrogen-bond donors (Lipinski definition) is 6. The van der Waals surface area contributed by atoms with Crippen LogP contribution in [0.3, 0.4) is 0 Å². The molecule has 6 N–H and O–H groups in total. The number of imidazole rings is 2. The number of nitrogens with one attached hydrogen (secondary N) is 2. The molecule has 4 fully saturated rings. The van der Waals surface area contributed by atoms with Crippen LogP contribution in [0.4, 0.5) is 11.6 Å². The first-order valence-corrected chi connectivity index (χ1v) is 18.0. The first-order chi connectivity index (χ1) is 25.1. The van der Waals surface area contributed by atoms with Gasteiger partial charge in [0.1, 0.15) is 41.5 Å². The summed E-state index contributed by atoms with van der Waals surface area (Å²) < 4.78 is 14.6. The standard InChI is InChI=1S/C30H38Cl2N11O9/c31-29-37-23(35-13-5-1-2-6-13)17-25(39-29)41(11-33-17)27-21(46)19(44)15(51-27)9-49-43(48)50-10-16-20(45)22(47)28(52-16)42-12-34-18-24(36-14-7-3-4-8-14)38-30(32)40-26(18)42/h11-16,19-22,27-28,44-47H,1-10H2,(H,35,37,39)(H,36,38,40)/q+1. The number of halogens is 2. The fraction of sp³-hybridized carbons (Fsp3) is 0.667. The summed E-state index contributed by atoms with van der Waals surface area (Å²) in [5.41, 5.74) is 1.40. The molecule has 8 atom stereocenters. The van der Waals surface area contributed by atoms with Gasteiger partial charge < -0.3 is 40.5 Å². The van der Waals surface area contributed by atoms with Crippen LogP contribution in [0.5, 0.6) is 0 Å². The van der Waals surface area contributed by atoms with Crippen LogP contribution < -0.4 is 10.6 Å². The molecule has 280 valence electrons. The fourth-order valence-corrected chi connectivity index (χ4v) is 7.71. The lowest BCUT2D eigenvalue weighted by atomic mass is 10.1. The van der Waals surface area contributed by atoms with Crippen molar-refractivity contribution in [1.82, 2.24) is 39.0 Å². The zero-order chi connectivity index (χ0) is 36.1. The van der Waals surface area contributed by atoms with E-state index in [1.807, 2.05) is 0 Å². The number of aliphatic hydroxyl groups excluding tert-OH is 4. The van der Waals surface area contributed by atoms with Crippen molar-refractivity contribution in [3.8, 4) is 0 Å². The van der Waals surface area contributed by atoms with E-state index in [1.165, 1.54) is 21.8 Å². The Morgan fingerprint density at radius 2 is 1.10 bits per heavy atom. The Morgan fingerprint density at radius 1 is 0.692 bits per heavy atom. The maximum atomic E-state index is 12.5. The van der Waals surface area contributed by atoms with Gasteiger partial charge in [-0.25, -0.2) is 9.97 Å². The number of anilines is 2. The maximum Gasteiger partial charge on any atom is 0.477 e. The van der Waals surface area contributed by atoms with Crippen molar-refractivity contribution in [2.45, 2.75) is 113 Å². The van der Waals surface area contributed by atoms with Gasteiger partial charge in [0.15, 0.2) is 59.6 Å². The lowest BCUT2D eigenvalue weighted by Gasteiger charge is -2.17. The number of ether oxygens (including phenoxy) is 2. The number of nitrogens with zero attached hydrogens (tertiary/aromatic N) is 9. The molecular weight excluding hydrogens is 729 g/mol. The van der Waals surface area contributed by atoms with Crippen LogP contribution >= 0.6 is 23.2 Å². The normalized spacial score (nSPS) is 29.8. The van der Waals surface area contributed by atoms with Crippen LogP contribution in [0.25, 0.3) is 22.3 Å². The largest absolute Gasteiger partial charge is 0.477 e. The van der Waals surface area contributed by atoms with Gasteiger partial charge in [0, 0.05) is 12.1 Å². The van der Waals surface area contributed by atoms with Crippen molar-refractivity contribution in [1.29, 1.82) is 0 Å². The van der Waals surface area contributed by atoms with Crippen molar-refractivity contribution < 1.29 is 44.7 Å². The average molecular weight is 768 g/mol. The van der Waals surface area contributed by atoms with Crippen LogP contribution in [0.15, 0.2) is 12.7 Å². The first-order valence-electron chi connectivity index (χ1n) is 17.2. The molecule has 52 heavy (non-hydrogen) atoms. The number of fused-ring (bicyclic) bond motifs is 2. The highest BCUT2D eigenvalue weighted by molar-refractivity contribution is 6.29. The summed E-state index contributed by atoms with van der Waals surface area (Å²) in [6, 6.07) is 0.457. The summed E-state index contributed by atoms with van der Waals surface area (Å²) in [4.78, 5) is 48.6. The van der Waals surface area contributed by atoms with Gasteiger partial charge in [-0.2, -0.15) is 29.6 Å². The molecule has 20 nitrogen and oxygen atoms in total. The second-order valence-electron chi connectivity index (χ2n) is 13.5. The van der Waals surface area contributed by atoms with Crippen LogP contribution in [-0.2, 0) is 19.1 Å². The van der Waals surface area contributed by atoms with Crippen molar-refractivity contribution >= 4 is 57.2 Å². The Labute approximate surface area is 304 Å². The molecule has 0 bridgehead atoms. The van der Waals surface area contributed by atoms with Gasteiger partial charge in [-0.1, -0.05) is 25.7 Å². The minimum Gasteiger partial charge on any atom is -0.387 e. The van der Waals surface area contributed by atoms with E-state index < -0.39 is 62.3 Å². The SMILES string of the molecule is O=[N+](OCC1OC(n2cnc3c(NC4CCCC4)nc(Cl)nc32)C(O)C1O)OCC1OC(n2cnc3c(NC4CCCC4)nc(Cl)nc32)C(O)C1O. The molecule has 4 aliphatic rings. The van der Waals surface area contributed by atoms with Gasteiger partial charge in [-0.15, -0.1) is 0 Å². The molecule has 8 rings (SSSR count). The zero-order valence-electron chi connectivity index (χ0n) is 27.6. The summed E-state index contributed by atoms with van der Waals surface area (Å²) in [5.74, 6) is 0.918.